The first-order chi connectivity index (χ1) is 14.8. The van der Waals surface area contributed by atoms with Crippen LogP contribution in [0.4, 0.5) is 0 Å². The highest BCUT2D eigenvalue weighted by atomic mass is 32.1. The van der Waals surface area contributed by atoms with E-state index in [1.54, 1.807) is 0 Å². The summed E-state index contributed by atoms with van der Waals surface area (Å²) in [6.45, 7) is 0. The monoisotopic (exact) mass is 477 g/mol. The minimum Gasteiger partial charge on any atom is -0.480 e. The smallest absolute Gasteiger partial charge is 0.326 e. The Morgan fingerprint density at radius 1 is 0.719 bits per heavy atom. The van der Waals surface area contributed by atoms with Gasteiger partial charge in [0, 0.05) is 12.2 Å². The van der Waals surface area contributed by atoms with Gasteiger partial charge in [-0.05, 0) is 6.42 Å². The number of carboxylic acid groups (broad SMARTS) is 1. The first-order valence-corrected chi connectivity index (χ1v) is 9.76. The van der Waals surface area contributed by atoms with Gasteiger partial charge in [0.2, 0.25) is 35.4 Å². The second kappa shape index (κ2) is 13.8. The van der Waals surface area contributed by atoms with Gasteiger partial charge in [0.25, 0.3) is 0 Å². The number of aliphatic carboxylic acids is 1. The molecule has 180 valence electrons. The van der Waals surface area contributed by atoms with E-state index in [0.29, 0.717) is 0 Å². The number of amides is 6. The zero-order chi connectivity index (χ0) is 25.0. The molecular weight excluding hydrogens is 450 g/mol. The number of nitrogens with one attached hydrogen (secondary N) is 3. The molecule has 0 saturated carbocycles. The molecule has 0 heterocycles. The van der Waals surface area contributed by atoms with Gasteiger partial charge >= 0.3 is 5.97 Å². The summed E-state index contributed by atoms with van der Waals surface area (Å²) in [5.41, 5.74) is 20.5. The summed E-state index contributed by atoms with van der Waals surface area (Å²) in [6, 6.07) is -5.81. The minimum atomic E-state index is -1.60. The molecule has 0 radical (unpaired) electrons. The van der Waals surface area contributed by atoms with Crippen molar-refractivity contribution in [1.82, 2.24) is 16.0 Å². The standard InChI is InChI=1S/C16H27N7O8S/c17-6(3-11(19)25)13(27)23-9(5-32)15(29)22-8(4-12(20)26)14(28)21-7(16(30)31)1-2-10(18)24/h6-9,32H,1-5,17H2,(H2,18,24)(H2,19,25)(H2,20,26)(H,21,28)(H,22,29)(H,23,27)(H,30,31). The largest absolute Gasteiger partial charge is 0.480 e. The van der Waals surface area contributed by atoms with Crippen molar-refractivity contribution < 1.29 is 38.7 Å². The maximum absolute atomic E-state index is 12.5. The highest BCUT2D eigenvalue weighted by Crippen LogP contribution is 2.02. The number of hydrogen-bond acceptors (Lipinski definition) is 9. The lowest BCUT2D eigenvalue weighted by molar-refractivity contribution is -0.142. The Kier molecular flexibility index (Phi) is 12.3. The Bertz CT molecular complexity index is 763. The van der Waals surface area contributed by atoms with Crippen LogP contribution in [0.5, 0.6) is 0 Å². The molecule has 0 aliphatic carbocycles. The topological polar surface area (TPSA) is 280 Å². The molecule has 0 rings (SSSR count). The van der Waals surface area contributed by atoms with E-state index in [4.69, 9.17) is 22.9 Å². The van der Waals surface area contributed by atoms with Crippen LogP contribution < -0.4 is 38.9 Å². The van der Waals surface area contributed by atoms with Crippen LogP contribution in [0.3, 0.4) is 0 Å². The van der Waals surface area contributed by atoms with Crippen LogP contribution >= 0.6 is 12.6 Å². The maximum Gasteiger partial charge on any atom is 0.326 e. The Morgan fingerprint density at radius 2 is 1.19 bits per heavy atom. The molecule has 32 heavy (non-hydrogen) atoms. The summed E-state index contributed by atoms with van der Waals surface area (Å²) in [4.78, 5) is 81.2. The Hall–Kier alpha value is -3.40. The first-order valence-electron chi connectivity index (χ1n) is 9.13. The van der Waals surface area contributed by atoms with Crippen LogP contribution in [-0.2, 0) is 33.6 Å². The van der Waals surface area contributed by atoms with E-state index in [1.807, 2.05) is 0 Å². The molecule has 0 saturated heterocycles. The average molecular weight is 478 g/mol. The van der Waals surface area contributed by atoms with Gasteiger partial charge in [0.15, 0.2) is 0 Å². The molecule has 0 aromatic carbocycles. The molecular formula is C16H27N7O8S. The van der Waals surface area contributed by atoms with Gasteiger partial charge < -0.3 is 44.0 Å². The molecule has 0 spiro atoms. The molecule has 0 fully saturated rings. The van der Waals surface area contributed by atoms with Crippen LogP contribution in [-0.4, -0.2) is 76.4 Å². The summed E-state index contributed by atoms with van der Waals surface area (Å²) < 4.78 is 0. The predicted molar refractivity (Wildman–Crippen MR) is 111 cm³/mol. The van der Waals surface area contributed by atoms with Crippen LogP contribution in [0.1, 0.15) is 25.7 Å². The van der Waals surface area contributed by atoms with Gasteiger partial charge in [-0.25, -0.2) is 4.79 Å². The van der Waals surface area contributed by atoms with Gasteiger partial charge in [0.1, 0.15) is 18.1 Å². The maximum atomic E-state index is 12.5. The van der Waals surface area contributed by atoms with Gasteiger partial charge in [-0.1, -0.05) is 0 Å². The number of hydrogen-bond donors (Lipinski definition) is 9. The van der Waals surface area contributed by atoms with Gasteiger partial charge in [-0.3, -0.25) is 28.8 Å². The fourth-order valence-corrected chi connectivity index (χ4v) is 2.54. The third-order valence-corrected chi connectivity index (χ3v) is 4.27. The molecule has 16 heteroatoms. The number of carbonyl (C=O) groups excluding carboxylic acids is 6. The molecule has 4 atom stereocenters. The average Bonchev–Trinajstić information content (AvgIpc) is 2.66. The summed E-state index contributed by atoms with van der Waals surface area (Å²) in [5.74, 6) is -7.32. The fourth-order valence-electron chi connectivity index (χ4n) is 2.28. The molecule has 0 aromatic heterocycles. The van der Waals surface area contributed by atoms with Crippen molar-refractivity contribution in [2.75, 3.05) is 5.75 Å². The molecule has 15 nitrogen and oxygen atoms in total. The summed E-state index contributed by atoms with van der Waals surface area (Å²) in [5, 5.41) is 15.6. The van der Waals surface area contributed by atoms with Crippen LogP contribution in [0.2, 0.25) is 0 Å². The highest BCUT2D eigenvalue weighted by Gasteiger charge is 2.31. The third-order valence-electron chi connectivity index (χ3n) is 3.91. The molecule has 0 bridgehead atoms. The van der Waals surface area contributed by atoms with Crippen molar-refractivity contribution in [3.8, 4) is 0 Å². The summed E-state index contributed by atoms with van der Waals surface area (Å²) in [7, 11) is 0. The van der Waals surface area contributed by atoms with Crippen molar-refractivity contribution in [1.29, 1.82) is 0 Å². The molecule has 4 unspecified atom stereocenters. The number of carbonyl (C=O) groups is 7. The van der Waals surface area contributed by atoms with Gasteiger partial charge in [0.05, 0.1) is 18.9 Å². The second-order valence-electron chi connectivity index (χ2n) is 6.66. The Labute approximate surface area is 187 Å². The number of thiol groups is 1. The number of carboxylic acids is 1. The van der Waals surface area contributed by atoms with Gasteiger partial charge in [-0.2, -0.15) is 12.6 Å². The Morgan fingerprint density at radius 3 is 1.62 bits per heavy atom. The summed E-state index contributed by atoms with van der Waals surface area (Å²) >= 11 is 3.92. The van der Waals surface area contributed by atoms with Crippen LogP contribution in [0.25, 0.3) is 0 Å². The van der Waals surface area contributed by atoms with Crippen LogP contribution in [0, 0.1) is 0 Å². The van der Waals surface area contributed by atoms with E-state index in [1.165, 1.54) is 0 Å². The molecule has 0 aliphatic rings. The molecule has 0 aliphatic heterocycles. The zero-order valence-corrected chi connectivity index (χ0v) is 17.8. The summed E-state index contributed by atoms with van der Waals surface area (Å²) in [6.07, 6.45) is -1.86. The second-order valence-corrected chi connectivity index (χ2v) is 7.02. The fraction of sp³-hybridized carbons (Fsp3) is 0.562. The van der Waals surface area contributed by atoms with E-state index in [0.717, 1.165) is 0 Å². The number of rotatable bonds is 15. The number of nitrogens with two attached hydrogens (primary N) is 4. The lowest BCUT2D eigenvalue weighted by atomic mass is 10.1. The van der Waals surface area contributed by atoms with Crippen molar-refractivity contribution in [2.45, 2.75) is 49.9 Å². The predicted octanol–water partition coefficient (Wildman–Crippen LogP) is -5.20. The zero-order valence-electron chi connectivity index (χ0n) is 16.9. The SMILES string of the molecule is NC(=O)CCC(NC(=O)C(CC(N)=O)NC(=O)C(CS)NC(=O)C(N)CC(N)=O)C(=O)O. The van der Waals surface area contributed by atoms with E-state index >= 15 is 0 Å². The molecule has 0 aromatic rings. The van der Waals surface area contributed by atoms with Crippen molar-refractivity contribution in [3.63, 3.8) is 0 Å². The quantitative estimate of drug-likeness (QED) is 0.102. The van der Waals surface area contributed by atoms with Crippen molar-refractivity contribution in [2.24, 2.45) is 22.9 Å². The minimum absolute atomic E-state index is 0.262. The van der Waals surface area contributed by atoms with Crippen molar-refractivity contribution in [3.05, 3.63) is 0 Å². The normalized spacial score (nSPS) is 14.2. The van der Waals surface area contributed by atoms with E-state index in [9.17, 15) is 38.7 Å². The molecule has 6 amide bonds. The highest BCUT2D eigenvalue weighted by molar-refractivity contribution is 7.80. The Balaban J connectivity index is 5.30. The van der Waals surface area contributed by atoms with Crippen molar-refractivity contribution >= 4 is 54.0 Å². The lowest BCUT2D eigenvalue weighted by Crippen LogP contribution is -2.58. The molecule has 12 N–H and O–H groups in total. The van der Waals surface area contributed by atoms with E-state index in [2.05, 4.69) is 28.6 Å². The lowest BCUT2D eigenvalue weighted by Gasteiger charge is -2.23. The van der Waals surface area contributed by atoms with E-state index < -0.39 is 78.4 Å². The first kappa shape index (κ1) is 28.6. The third kappa shape index (κ3) is 11.1. The van der Waals surface area contributed by atoms with E-state index in [-0.39, 0.29) is 18.6 Å². The van der Waals surface area contributed by atoms with Gasteiger partial charge in [-0.15, -0.1) is 0 Å². The van der Waals surface area contributed by atoms with Crippen LogP contribution in [0.15, 0.2) is 0 Å². The number of primary amides is 3.